The number of piperidine rings is 1. The second-order valence-corrected chi connectivity index (χ2v) is 12.1. The molecular weight excluding hydrogens is 532 g/mol. The van der Waals surface area contributed by atoms with Crippen LogP contribution in [0.4, 0.5) is 16.2 Å². The first-order chi connectivity index (χ1) is 17.7. The Morgan fingerprint density at radius 2 is 1.92 bits per heavy atom. The molecule has 1 saturated carbocycles. The predicted molar refractivity (Wildman–Crippen MR) is 148 cm³/mol. The molecule has 194 valence electrons. The van der Waals surface area contributed by atoms with Crippen LogP contribution >= 0.6 is 15.9 Å². The zero-order valence-electron chi connectivity index (χ0n) is 21.6. The topological polar surface area (TPSA) is 84.4 Å². The summed E-state index contributed by atoms with van der Waals surface area (Å²) in [6.45, 7) is 7.10. The van der Waals surface area contributed by atoms with Gasteiger partial charge in [0.2, 0.25) is 0 Å². The third kappa shape index (κ3) is 6.29. The highest BCUT2D eigenvalue weighted by Crippen LogP contribution is 2.38. The van der Waals surface area contributed by atoms with Crippen LogP contribution in [0.5, 0.6) is 0 Å². The molecule has 1 atom stereocenters. The Bertz CT molecular complexity index is 1320. The molecule has 0 spiro atoms. The third-order valence-electron chi connectivity index (χ3n) is 6.81. The summed E-state index contributed by atoms with van der Waals surface area (Å²) in [6, 6.07) is 9.92. The van der Waals surface area contributed by atoms with Crippen LogP contribution in [-0.2, 0) is 11.2 Å². The Morgan fingerprint density at radius 1 is 1.11 bits per heavy atom. The van der Waals surface area contributed by atoms with Crippen molar-refractivity contribution < 1.29 is 14.3 Å². The second-order valence-electron chi connectivity index (χ2n) is 11.1. The number of rotatable bonds is 6. The maximum atomic E-state index is 13.0. The Kier molecular flexibility index (Phi) is 7.21. The molecule has 37 heavy (non-hydrogen) atoms. The fourth-order valence-corrected chi connectivity index (χ4v) is 5.20. The normalized spacial score (nSPS) is 18.1. The van der Waals surface area contributed by atoms with E-state index in [0.717, 1.165) is 71.1 Å². The number of ether oxygens (including phenoxy) is 1. The lowest BCUT2D eigenvalue weighted by Crippen LogP contribution is -2.43. The molecule has 1 aliphatic carbocycles. The van der Waals surface area contributed by atoms with Gasteiger partial charge >= 0.3 is 6.09 Å². The van der Waals surface area contributed by atoms with Gasteiger partial charge < -0.3 is 15.0 Å². The Morgan fingerprint density at radius 3 is 2.62 bits per heavy atom. The molecule has 1 saturated heterocycles. The quantitative estimate of drug-likeness (QED) is 0.327. The number of carbonyl (C=O) groups is 2. The Labute approximate surface area is 226 Å². The van der Waals surface area contributed by atoms with Crippen molar-refractivity contribution >= 4 is 50.1 Å². The summed E-state index contributed by atoms with van der Waals surface area (Å²) in [5.74, 6) is 0.591. The first kappa shape index (κ1) is 25.6. The number of amides is 1. The van der Waals surface area contributed by atoms with Crippen molar-refractivity contribution in [2.45, 2.75) is 58.5 Å². The number of nitrogens with zero attached hydrogens (tertiary/aromatic N) is 3. The van der Waals surface area contributed by atoms with Gasteiger partial charge in [-0.1, -0.05) is 15.9 Å². The number of likely N-dealkylation sites (tertiary alicyclic amines) is 1. The van der Waals surface area contributed by atoms with Gasteiger partial charge in [0.15, 0.2) is 5.78 Å². The van der Waals surface area contributed by atoms with Crippen LogP contribution < -0.4 is 5.32 Å². The number of pyridine rings is 2. The lowest BCUT2D eigenvalue weighted by Gasteiger charge is -2.34. The smallest absolute Gasteiger partial charge is 0.410 e. The highest BCUT2D eigenvalue weighted by molar-refractivity contribution is 9.10. The molecule has 2 fully saturated rings. The molecule has 1 amide bonds. The van der Waals surface area contributed by atoms with E-state index in [1.807, 2.05) is 62.2 Å². The first-order valence-corrected chi connectivity index (χ1v) is 13.8. The van der Waals surface area contributed by atoms with E-state index < -0.39 is 5.60 Å². The molecule has 2 aliphatic rings. The molecule has 1 aliphatic heterocycles. The molecule has 2 aromatic heterocycles. The van der Waals surface area contributed by atoms with Gasteiger partial charge in [-0.25, -0.2) is 4.79 Å². The van der Waals surface area contributed by atoms with Crippen molar-refractivity contribution in [3.63, 3.8) is 0 Å². The minimum Gasteiger partial charge on any atom is -0.444 e. The highest BCUT2D eigenvalue weighted by atomic mass is 79.9. The molecule has 0 radical (unpaired) electrons. The van der Waals surface area contributed by atoms with Crippen LogP contribution in [0.1, 0.15) is 62.5 Å². The van der Waals surface area contributed by atoms with E-state index in [-0.39, 0.29) is 17.8 Å². The molecular formula is C29H33BrN4O3. The van der Waals surface area contributed by atoms with Gasteiger partial charge in [-0.2, -0.15) is 0 Å². The van der Waals surface area contributed by atoms with Crippen molar-refractivity contribution in [3.8, 4) is 0 Å². The highest BCUT2D eigenvalue weighted by Gasteiger charge is 2.33. The molecule has 5 rings (SSSR count). The molecule has 8 heteroatoms. The lowest BCUT2D eigenvalue weighted by molar-refractivity contribution is 0.0165. The average Bonchev–Trinajstić information content (AvgIpc) is 3.70. The van der Waals surface area contributed by atoms with E-state index in [2.05, 4.69) is 26.2 Å². The van der Waals surface area contributed by atoms with Gasteiger partial charge in [0.1, 0.15) is 5.60 Å². The van der Waals surface area contributed by atoms with Crippen LogP contribution in [0.3, 0.4) is 0 Å². The number of nitrogens with one attached hydrogen (secondary N) is 1. The third-order valence-corrected chi connectivity index (χ3v) is 7.30. The minimum atomic E-state index is -0.492. The maximum absolute atomic E-state index is 13.0. The SMILES string of the molecule is CC(C)(C)OC(=O)N1CCCC(Cc2ccc(Nc3c(C(=O)C4CC4)cnc4ccc(Br)cc34)cn2)C1. The number of fused-ring (bicyclic) bond motifs is 1. The van der Waals surface area contributed by atoms with Gasteiger partial charge in [0.25, 0.3) is 0 Å². The molecule has 7 nitrogen and oxygen atoms in total. The molecule has 0 bridgehead atoms. The van der Waals surface area contributed by atoms with Crippen LogP contribution in [-0.4, -0.2) is 45.4 Å². The Balaban J connectivity index is 1.31. The maximum Gasteiger partial charge on any atom is 0.410 e. The number of benzene rings is 1. The summed E-state index contributed by atoms with van der Waals surface area (Å²) in [6.07, 6.45) is 7.99. The van der Waals surface area contributed by atoms with Crippen LogP contribution in [0.15, 0.2) is 47.2 Å². The van der Waals surface area contributed by atoms with Gasteiger partial charge in [-0.15, -0.1) is 0 Å². The molecule has 3 heterocycles. The van der Waals surface area contributed by atoms with E-state index in [1.165, 1.54) is 0 Å². The summed E-state index contributed by atoms with van der Waals surface area (Å²) in [5, 5.41) is 4.36. The molecule has 1 unspecified atom stereocenters. The Hall–Kier alpha value is -3.00. The van der Waals surface area contributed by atoms with Crippen molar-refractivity contribution in [3.05, 3.63) is 58.5 Å². The van der Waals surface area contributed by atoms with Crippen molar-refractivity contribution in [2.24, 2.45) is 11.8 Å². The number of hydrogen-bond acceptors (Lipinski definition) is 6. The summed E-state index contributed by atoms with van der Waals surface area (Å²) < 4.78 is 6.50. The monoisotopic (exact) mass is 564 g/mol. The summed E-state index contributed by atoms with van der Waals surface area (Å²) in [4.78, 5) is 36.6. The number of aromatic nitrogens is 2. The van der Waals surface area contributed by atoms with E-state index in [4.69, 9.17) is 9.72 Å². The second kappa shape index (κ2) is 10.4. The standard InChI is InChI=1S/C29H33BrN4O3/c1-29(2,3)37-28(36)34-12-4-5-18(17-34)13-21-9-10-22(15-31-21)33-26-23-14-20(30)8-11-25(23)32-16-24(26)27(35)19-6-7-19/h8-11,14-16,18-19H,4-7,12-13,17H2,1-3H3,(H,32,33). The van der Waals surface area contributed by atoms with Gasteiger partial charge in [-0.05, 0) is 89.1 Å². The largest absolute Gasteiger partial charge is 0.444 e. The van der Waals surface area contributed by atoms with Crippen LogP contribution in [0, 0.1) is 11.8 Å². The van der Waals surface area contributed by atoms with E-state index in [9.17, 15) is 9.59 Å². The number of hydrogen-bond donors (Lipinski definition) is 1. The number of halogens is 1. The van der Waals surface area contributed by atoms with Gasteiger partial charge in [-0.3, -0.25) is 14.8 Å². The molecule has 1 aromatic carbocycles. The average molecular weight is 566 g/mol. The fourth-order valence-electron chi connectivity index (χ4n) is 4.84. The zero-order chi connectivity index (χ0) is 26.2. The number of anilines is 2. The van der Waals surface area contributed by atoms with Crippen LogP contribution in [0.2, 0.25) is 0 Å². The molecule has 1 N–H and O–H groups in total. The van der Waals surface area contributed by atoms with Crippen molar-refractivity contribution in [1.29, 1.82) is 0 Å². The van der Waals surface area contributed by atoms with Crippen molar-refractivity contribution in [1.82, 2.24) is 14.9 Å². The zero-order valence-corrected chi connectivity index (χ0v) is 23.2. The number of Topliss-reactive ketones (excluding diaryl/α,β-unsaturated/α-hetero) is 1. The lowest BCUT2D eigenvalue weighted by atomic mass is 9.93. The van der Waals surface area contributed by atoms with Crippen molar-refractivity contribution in [2.75, 3.05) is 18.4 Å². The number of carbonyl (C=O) groups excluding carboxylic acids is 2. The first-order valence-electron chi connectivity index (χ1n) is 13.0. The van der Waals surface area contributed by atoms with E-state index in [0.29, 0.717) is 18.0 Å². The van der Waals surface area contributed by atoms with E-state index in [1.54, 1.807) is 6.20 Å². The summed E-state index contributed by atoms with van der Waals surface area (Å²) >= 11 is 3.55. The van der Waals surface area contributed by atoms with Gasteiger partial charge in [0.05, 0.1) is 28.7 Å². The minimum absolute atomic E-state index is 0.100. The van der Waals surface area contributed by atoms with E-state index >= 15 is 0 Å². The van der Waals surface area contributed by atoms with Gasteiger partial charge in [0, 0.05) is 40.8 Å². The fraction of sp³-hybridized carbons (Fsp3) is 0.448. The summed E-state index contributed by atoms with van der Waals surface area (Å²) in [7, 11) is 0. The summed E-state index contributed by atoms with van der Waals surface area (Å²) in [5.41, 5.74) is 3.54. The molecule has 3 aromatic rings. The van der Waals surface area contributed by atoms with Crippen LogP contribution in [0.25, 0.3) is 10.9 Å². The number of ketones is 1. The predicted octanol–water partition coefficient (Wildman–Crippen LogP) is 6.92.